The van der Waals surface area contributed by atoms with Crippen LogP contribution in [0, 0.1) is 0 Å². The molecule has 1 N–H and O–H groups in total. The maximum Gasteiger partial charge on any atom is 0.104 e. The van der Waals surface area contributed by atoms with Gasteiger partial charge in [-0.25, -0.2) is 0 Å². The highest BCUT2D eigenvalue weighted by Gasteiger charge is 2.07. The van der Waals surface area contributed by atoms with Crippen molar-refractivity contribution >= 4 is 0 Å². The van der Waals surface area contributed by atoms with E-state index in [-0.39, 0.29) is 12.7 Å². The van der Waals surface area contributed by atoms with E-state index in [1.54, 1.807) is 0 Å². The number of rotatable bonds is 32. The van der Waals surface area contributed by atoms with E-state index >= 15 is 0 Å². The van der Waals surface area contributed by atoms with Crippen LogP contribution in [0.5, 0.6) is 0 Å². The molecule has 0 rings (SSSR count). The molecule has 0 aliphatic heterocycles. The van der Waals surface area contributed by atoms with Gasteiger partial charge in [-0.15, -0.1) is 0 Å². The lowest BCUT2D eigenvalue weighted by Gasteiger charge is -2.15. The molecule has 0 saturated carbocycles. The number of allylic oxidation sites excluding steroid dienone is 12. The molecule has 0 radical (unpaired) electrons. The van der Waals surface area contributed by atoms with Crippen LogP contribution in [-0.4, -0.2) is 37.6 Å². The van der Waals surface area contributed by atoms with E-state index < -0.39 is 0 Å². The molecule has 0 aromatic heterocycles. The largest absolute Gasteiger partial charge is 0.394 e. The van der Waals surface area contributed by atoms with Gasteiger partial charge in [-0.1, -0.05) is 164 Å². The van der Waals surface area contributed by atoms with E-state index in [0.29, 0.717) is 6.61 Å². The molecule has 0 bridgehead atoms. The van der Waals surface area contributed by atoms with Crippen LogP contribution in [0.2, 0.25) is 0 Å². The van der Waals surface area contributed by atoms with Gasteiger partial charge in [-0.3, -0.25) is 0 Å². The summed E-state index contributed by atoms with van der Waals surface area (Å²) in [7, 11) is 0. The molecule has 0 amide bonds. The minimum absolute atomic E-state index is 0.0394. The summed E-state index contributed by atoms with van der Waals surface area (Å²) in [6.45, 7) is 6.49. The Morgan fingerprint density at radius 1 is 0.452 bits per heavy atom. The molecule has 0 aliphatic carbocycles. The third kappa shape index (κ3) is 34.5. The van der Waals surface area contributed by atoms with Crippen LogP contribution in [-0.2, 0) is 9.47 Å². The first-order valence-corrected chi connectivity index (χ1v) is 17.6. The maximum atomic E-state index is 9.58. The first kappa shape index (κ1) is 40.3. The monoisotopic (exact) mass is 585 g/mol. The summed E-state index contributed by atoms with van der Waals surface area (Å²) in [5.41, 5.74) is 0. The van der Waals surface area contributed by atoms with Crippen molar-refractivity contribution in [2.75, 3.05) is 26.4 Å². The van der Waals surface area contributed by atoms with E-state index in [1.165, 1.54) is 116 Å². The molecule has 1 atom stereocenters. The van der Waals surface area contributed by atoms with Gasteiger partial charge >= 0.3 is 0 Å². The van der Waals surface area contributed by atoms with Gasteiger partial charge in [0.2, 0.25) is 0 Å². The van der Waals surface area contributed by atoms with Crippen molar-refractivity contribution in [3.8, 4) is 0 Å². The van der Waals surface area contributed by atoms with Crippen molar-refractivity contribution in [1.82, 2.24) is 0 Å². The fourth-order valence-corrected chi connectivity index (χ4v) is 4.46. The van der Waals surface area contributed by atoms with Gasteiger partial charge < -0.3 is 14.6 Å². The summed E-state index contributed by atoms with van der Waals surface area (Å²) in [6.07, 6.45) is 50.7. The van der Waals surface area contributed by atoms with E-state index in [1.807, 2.05) is 0 Å². The van der Waals surface area contributed by atoms with Crippen LogP contribution < -0.4 is 0 Å². The van der Waals surface area contributed by atoms with E-state index in [2.05, 4.69) is 86.8 Å². The normalized spacial score (nSPS) is 13.5. The summed E-state index contributed by atoms with van der Waals surface area (Å²) in [5.74, 6) is 0. The van der Waals surface area contributed by atoms with Gasteiger partial charge in [0, 0.05) is 13.2 Å². The first-order valence-electron chi connectivity index (χ1n) is 17.6. The SMILES string of the molecule is CCCC/C=C/C=C/C=C\CCCCCCCCOC[C@H](CO)OCCCCCCCC\C=C/C=C/C=C/CCCC. The van der Waals surface area contributed by atoms with Crippen LogP contribution in [0.1, 0.15) is 142 Å². The standard InChI is InChI=1S/C39H68O3/c1-3-5-7-9-11-13-15-17-19-21-23-25-27-29-31-33-35-41-38-39(37-40)42-36-34-32-30-28-26-24-22-20-18-16-14-12-10-8-6-4-2/h9-20,39-40H,3-8,21-38H2,1-2H3/b11-9+,12-10+,15-13+,16-14+,19-17-,20-18-/t39-/m0/s1. The van der Waals surface area contributed by atoms with E-state index in [0.717, 1.165) is 26.1 Å². The zero-order valence-electron chi connectivity index (χ0n) is 27.7. The number of hydrogen-bond acceptors (Lipinski definition) is 3. The second kappa shape index (κ2) is 37.3. The molecule has 242 valence electrons. The topological polar surface area (TPSA) is 38.7 Å². The highest BCUT2D eigenvalue weighted by Crippen LogP contribution is 2.10. The molecule has 0 aromatic rings. The van der Waals surface area contributed by atoms with Crippen molar-refractivity contribution in [3.63, 3.8) is 0 Å². The molecule has 0 saturated heterocycles. The Bertz CT molecular complexity index is 686. The molecular formula is C39H68O3. The zero-order chi connectivity index (χ0) is 30.4. The summed E-state index contributed by atoms with van der Waals surface area (Å²) >= 11 is 0. The molecule has 0 aliphatic rings. The lowest BCUT2D eigenvalue weighted by molar-refractivity contribution is -0.0437. The maximum absolute atomic E-state index is 9.58. The molecule has 0 aromatic carbocycles. The number of unbranched alkanes of at least 4 members (excludes halogenated alkanes) is 16. The lowest BCUT2D eigenvalue weighted by Crippen LogP contribution is -2.24. The molecule has 0 unspecified atom stereocenters. The van der Waals surface area contributed by atoms with E-state index in [9.17, 15) is 5.11 Å². The second-order valence-electron chi connectivity index (χ2n) is 11.3. The Kier molecular flexibility index (Phi) is 35.9. The summed E-state index contributed by atoms with van der Waals surface area (Å²) < 4.78 is 11.6. The van der Waals surface area contributed by atoms with Crippen molar-refractivity contribution in [1.29, 1.82) is 0 Å². The van der Waals surface area contributed by atoms with Crippen LogP contribution in [0.4, 0.5) is 0 Å². The van der Waals surface area contributed by atoms with Crippen molar-refractivity contribution < 1.29 is 14.6 Å². The van der Waals surface area contributed by atoms with Crippen LogP contribution in [0.3, 0.4) is 0 Å². The second-order valence-corrected chi connectivity index (χ2v) is 11.3. The summed E-state index contributed by atoms with van der Waals surface area (Å²) in [4.78, 5) is 0. The number of hydrogen-bond donors (Lipinski definition) is 1. The molecule has 3 heteroatoms. The van der Waals surface area contributed by atoms with Gasteiger partial charge in [0.1, 0.15) is 6.10 Å². The van der Waals surface area contributed by atoms with Crippen molar-refractivity contribution in [3.05, 3.63) is 72.9 Å². The number of ether oxygens (including phenoxy) is 2. The molecule has 0 fully saturated rings. The smallest absolute Gasteiger partial charge is 0.104 e. The highest BCUT2D eigenvalue weighted by molar-refractivity contribution is 5.11. The Hall–Kier alpha value is -1.68. The molecular weight excluding hydrogens is 516 g/mol. The predicted octanol–water partition coefficient (Wildman–Crippen LogP) is 11.6. The molecule has 42 heavy (non-hydrogen) atoms. The van der Waals surface area contributed by atoms with Gasteiger partial charge in [-0.05, 0) is 51.4 Å². The first-order chi connectivity index (χ1) is 20.8. The van der Waals surface area contributed by atoms with Crippen molar-refractivity contribution in [2.45, 2.75) is 148 Å². The lowest BCUT2D eigenvalue weighted by atomic mass is 10.1. The zero-order valence-corrected chi connectivity index (χ0v) is 27.7. The van der Waals surface area contributed by atoms with Crippen molar-refractivity contribution in [2.24, 2.45) is 0 Å². The summed E-state index contributed by atoms with van der Waals surface area (Å²) in [6, 6.07) is 0. The fraction of sp³-hybridized carbons (Fsp3) is 0.692. The van der Waals surface area contributed by atoms with Crippen LogP contribution in [0.15, 0.2) is 72.9 Å². The average molecular weight is 585 g/mol. The minimum atomic E-state index is -0.183. The van der Waals surface area contributed by atoms with E-state index in [4.69, 9.17) is 9.47 Å². The third-order valence-electron chi connectivity index (χ3n) is 7.20. The van der Waals surface area contributed by atoms with Gasteiger partial charge in [0.25, 0.3) is 0 Å². The van der Waals surface area contributed by atoms with Gasteiger partial charge in [-0.2, -0.15) is 0 Å². The Morgan fingerprint density at radius 3 is 1.26 bits per heavy atom. The summed E-state index contributed by atoms with van der Waals surface area (Å²) in [5, 5.41) is 9.58. The average Bonchev–Trinajstić information content (AvgIpc) is 3.00. The quantitative estimate of drug-likeness (QED) is 0.0631. The fourth-order valence-electron chi connectivity index (χ4n) is 4.46. The highest BCUT2D eigenvalue weighted by atomic mass is 16.5. The van der Waals surface area contributed by atoms with Gasteiger partial charge in [0.15, 0.2) is 0 Å². The Balaban J connectivity index is 3.44. The molecule has 3 nitrogen and oxygen atoms in total. The number of aliphatic hydroxyl groups is 1. The third-order valence-corrected chi connectivity index (χ3v) is 7.20. The van der Waals surface area contributed by atoms with Gasteiger partial charge in [0.05, 0.1) is 13.2 Å². The molecule has 0 heterocycles. The molecule has 0 spiro atoms. The van der Waals surface area contributed by atoms with Crippen LogP contribution in [0.25, 0.3) is 0 Å². The minimum Gasteiger partial charge on any atom is -0.394 e. The number of aliphatic hydroxyl groups excluding tert-OH is 1. The Morgan fingerprint density at radius 2 is 0.833 bits per heavy atom. The Labute approximate surface area is 261 Å². The predicted molar refractivity (Wildman–Crippen MR) is 186 cm³/mol. The van der Waals surface area contributed by atoms with Crippen LogP contribution >= 0.6 is 0 Å².